The standard InChI is InChI=1S/C24H41N5O6/c1-26-8-10-27(11-9-26)13-18-5-6-20(21(12-18)29(34)35)25-7-3-2-4-19(17-30)14-28-15-22(31)24(33)23(32)16-28/h5-6,12,19,22-25,30-33H,2-4,7-11,13-17H2,1H3/t19-,22?,23?,24?/m1/s1. The van der Waals surface area contributed by atoms with E-state index >= 15 is 0 Å². The summed E-state index contributed by atoms with van der Waals surface area (Å²) in [6, 6.07) is 5.41. The average Bonchev–Trinajstić information content (AvgIpc) is 2.83. The second kappa shape index (κ2) is 13.4. The summed E-state index contributed by atoms with van der Waals surface area (Å²) in [5.74, 6) is -0.00663. The molecule has 198 valence electrons. The van der Waals surface area contributed by atoms with E-state index in [1.807, 2.05) is 11.0 Å². The monoisotopic (exact) mass is 495 g/mol. The van der Waals surface area contributed by atoms with Crippen LogP contribution >= 0.6 is 0 Å². The summed E-state index contributed by atoms with van der Waals surface area (Å²) in [4.78, 5) is 17.8. The lowest BCUT2D eigenvalue weighted by atomic mass is 9.98. The van der Waals surface area contributed by atoms with Crippen molar-refractivity contribution in [2.75, 3.05) is 71.3 Å². The lowest BCUT2D eigenvalue weighted by molar-refractivity contribution is -0.384. The zero-order valence-corrected chi connectivity index (χ0v) is 20.6. The number of hydrogen-bond acceptors (Lipinski definition) is 10. The van der Waals surface area contributed by atoms with Gasteiger partial charge in [-0.05, 0) is 37.4 Å². The molecular formula is C24H41N5O6. The van der Waals surface area contributed by atoms with Crippen LogP contribution in [0.2, 0.25) is 0 Å². The maximum Gasteiger partial charge on any atom is 0.292 e. The van der Waals surface area contributed by atoms with Crippen molar-refractivity contribution in [2.45, 2.75) is 44.1 Å². The van der Waals surface area contributed by atoms with E-state index < -0.39 is 18.3 Å². The molecule has 1 aromatic rings. The van der Waals surface area contributed by atoms with Crippen molar-refractivity contribution in [3.05, 3.63) is 33.9 Å². The summed E-state index contributed by atoms with van der Waals surface area (Å²) >= 11 is 0. The Morgan fingerprint density at radius 1 is 1.09 bits per heavy atom. The Kier molecular flexibility index (Phi) is 10.7. The third-order valence-electron chi connectivity index (χ3n) is 7.07. The summed E-state index contributed by atoms with van der Waals surface area (Å²) in [6.45, 7) is 6.29. The number of nitrogens with one attached hydrogen (secondary N) is 1. The Balaban J connectivity index is 1.42. The van der Waals surface area contributed by atoms with E-state index in [2.05, 4.69) is 22.2 Å². The van der Waals surface area contributed by atoms with Crippen LogP contribution < -0.4 is 5.32 Å². The molecular weight excluding hydrogens is 454 g/mol. The Labute approximate surface area is 207 Å². The Morgan fingerprint density at radius 3 is 2.40 bits per heavy atom. The zero-order valence-electron chi connectivity index (χ0n) is 20.6. The number of unbranched alkanes of at least 4 members (excludes halogenated alkanes) is 1. The minimum atomic E-state index is -1.13. The smallest absolute Gasteiger partial charge is 0.292 e. The highest BCUT2D eigenvalue weighted by Crippen LogP contribution is 2.26. The van der Waals surface area contributed by atoms with Gasteiger partial charge in [0.05, 0.1) is 17.1 Å². The molecule has 0 spiro atoms. The van der Waals surface area contributed by atoms with Gasteiger partial charge in [0.1, 0.15) is 11.8 Å². The third-order valence-corrected chi connectivity index (χ3v) is 7.07. The molecule has 0 radical (unpaired) electrons. The number of aliphatic hydroxyl groups excluding tert-OH is 4. The SMILES string of the molecule is CN1CCN(Cc2ccc(NCCCC[C@@H](CO)CN3CC(O)C(O)C(O)C3)c([N+](=O)[O-])c2)CC1. The van der Waals surface area contributed by atoms with E-state index in [1.54, 1.807) is 12.1 Å². The van der Waals surface area contributed by atoms with Crippen molar-refractivity contribution in [2.24, 2.45) is 5.92 Å². The molecule has 11 heteroatoms. The first kappa shape index (κ1) is 27.7. The summed E-state index contributed by atoms with van der Waals surface area (Å²) in [7, 11) is 2.10. The molecule has 2 aliphatic heterocycles. The topological polar surface area (TPSA) is 146 Å². The summed E-state index contributed by atoms with van der Waals surface area (Å²) in [5, 5.41) is 53.9. The van der Waals surface area contributed by atoms with Crippen LogP contribution in [-0.4, -0.2) is 124 Å². The molecule has 0 aliphatic carbocycles. The fraction of sp³-hybridized carbons (Fsp3) is 0.750. The van der Waals surface area contributed by atoms with Crippen molar-refractivity contribution in [1.82, 2.24) is 14.7 Å². The van der Waals surface area contributed by atoms with Gasteiger partial charge in [0.15, 0.2) is 0 Å². The second-order valence-corrected chi connectivity index (χ2v) is 10.0. The molecule has 0 saturated carbocycles. The van der Waals surface area contributed by atoms with Crippen LogP contribution in [0.4, 0.5) is 11.4 Å². The van der Waals surface area contributed by atoms with E-state index in [4.69, 9.17) is 0 Å². The third kappa shape index (κ3) is 8.35. The maximum atomic E-state index is 11.6. The van der Waals surface area contributed by atoms with Gasteiger partial charge in [-0.25, -0.2) is 0 Å². The van der Waals surface area contributed by atoms with E-state index in [0.717, 1.165) is 51.0 Å². The predicted octanol–water partition coefficient (Wildman–Crippen LogP) is -0.0688. The molecule has 5 N–H and O–H groups in total. The lowest BCUT2D eigenvalue weighted by Gasteiger charge is -2.38. The van der Waals surface area contributed by atoms with Crippen molar-refractivity contribution >= 4 is 11.4 Å². The highest BCUT2D eigenvalue weighted by atomic mass is 16.6. The molecule has 2 fully saturated rings. The molecule has 1 aromatic carbocycles. The minimum absolute atomic E-state index is 0.00108. The number of nitrogens with zero attached hydrogens (tertiary/aromatic N) is 4. The fourth-order valence-electron chi connectivity index (χ4n) is 4.85. The molecule has 35 heavy (non-hydrogen) atoms. The van der Waals surface area contributed by atoms with E-state index in [-0.39, 0.29) is 36.2 Å². The lowest BCUT2D eigenvalue weighted by Crippen LogP contribution is -2.56. The summed E-state index contributed by atoms with van der Waals surface area (Å²) in [5.41, 5.74) is 1.55. The number of likely N-dealkylation sites (N-methyl/N-ethyl adjacent to an activating group) is 1. The Morgan fingerprint density at radius 2 is 1.77 bits per heavy atom. The van der Waals surface area contributed by atoms with Gasteiger partial charge in [0.25, 0.3) is 5.69 Å². The van der Waals surface area contributed by atoms with Crippen LogP contribution in [0.15, 0.2) is 18.2 Å². The van der Waals surface area contributed by atoms with Crippen LogP contribution in [-0.2, 0) is 6.54 Å². The highest BCUT2D eigenvalue weighted by molar-refractivity contribution is 5.62. The number of nitro groups is 1. The molecule has 0 bridgehead atoms. The molecule has 2 unspecified atom stereocenters. The van der Waals surface area contributed by atoms with Gasteiger partial charge in [-0.15, -0.1) is 0 Å². The van der Waals surface area contributed by atoms with E-state index in [9.17, 15) is 30.5 Å². The van der Waals surface area contributed by atoms with E-state index in [1.165, 1.54) is 0 Å². The van der Waals surface area contributed by atoms with Gasteiger partial charge in [-0.2, -0.15) is 0 Å². The number of piperidine rings is 1. The number of anilines is 1. The van der Waals surface area contributed by atoms with Crippen LogP contribution in [0.25, 0.3) is 0 Å². The van der Waals surface area contributed by atoms with Gasteiger partial charge in [-0.3, -0.25) is 19.9 Å². The van der Waals surface area contributed by atoms with Crippen molar-refractivity contribution in [1.29, 1.82) is 0 Å². The number of piperazine rings is 1. The number of nitro benzene ring substituents is 1. The zero-order chi connectivity index (χ0) is 25.4. The van der Waals surface area contributed by atoms with E-state index in [0.29, 0.717) is 25.3 Å². The number of aliphatic hydroxyl groups is 4. The van der Waals surface area contributed by atoms with Crippen LogP contribution in [0.5, 0.6) is 0 Å². The molecule has 2 saturated heterocycles. The molecule has 2 heterocycles. The van der Waals surface area contributed by atoms with Crippen LogP contribution in [0.3, 0.4) is 0 Å². The first-order valence-corrected chi connectivity index (χ1v) is 12.6. The van der Waals surface area contributed by atoms with Gasteiger partial charge in [0, 0.05) is 71.6 Å². The average molecular weight is 496 g/mol. The first-order valence-electron chi connectivity index (χ1n) is 12.6. The van der Waals surface area contributed by atoms with Crippen molar-refractivity contribution in [3.8, 4) is 0 Å². The van der Waals surface area contributed by atoms with Gasteiger partial charge >= 0.3 is 0 Å². The van der Waals surface area contributed by atoms with Crippen LogP contribution in [0.1, 0.15) is 24.8 Å². The number of rotatable bonds is 12. The highest BCUT2D eigenvalue weighted by Gasteiger charge is 2.34. The minimum Gasteiger partial charge on any atom is -0.396 e. The Bertz CT molecular complexity index is 795. The molecule has 2 aliphatic rings. The van der Waals surface area contributed by atoms with Gasteiger partial charge in [-0.1, -0.05) is 12.5 Å². The maximum absolute atomic E-state index is 11.6. The van der Waals surface area contributed by atoms with Crippen molar-refractivity contribution in [3.63, 3.8) is 0 Å². The summed E-state index contributed by atoms with van der Waals surface area (Å²) in [6.07, 6.45) is -0.738. The first-order chi connectivity index (χ1) is 16.8. The number of benzene rings is 1. The molecule has 3 atom stereocenters. The molecule has 0 aromatic heterocycles. The predicted molar refractivity (Wildman–Crippen MR) is 133 cm³/mol. The number of β-amino-alcohol motifs (C(OH)–C–C–N with tert-alkyl or cyclic N) is 2. The largest absolute Gasteiger partial charge is 0.396 e. The number of hydrogen-bond donors (Lipinski definition) is 5. The molecule has 11 nitrogen and oxygen atoms in total. The van der Waals surface area contributed by atoms with Gasteiger partial charge in [0.2, 0.25) is 0 Å². The number of likely N-dealkylation sites (tertiary alicyclic amines) is 1. The molecule has 0 amide bonds. The second-order valence-electron chi connectivity index (χ2n) is 10.0. The molecule has 3 rings (SSSR count). The summed E-state index contributed by atoms with van der Waals surface area (Å²) < 4.78 is 0. The normalized spacial score (nSPS) is 25.5. The van der Waals surface area contributed by atoms with Gasteiger partial charge < -0.3 is 30.6 Å². The van der Waals surface area contributed by atoms with Crippen LogP contribution in [0, 0.1) is 16.0 Å². The fourth-order valence-corrected chi connectivity index (χ4v) is 4.85. The quantitative estimate of drug-likeness (QED) is 0.152. The Hall–Kier alpha value is -1.86. The van der Waals surface area contributed by atoms with Crippen molar-refractivity contribution < 1.29 is 25.3 Å².